The van der Waals surface area contributed by atoms with E-state index in [0.717, 1.165) is 27.7 Å². The zero-order chi connectivity index (χ0) is 12.5. The molecule has 0 atom stereocenters. The molecule has 0 radical (unpaired) electrons. The van der Waals surface area contributed by atoms with Gasteiger partial charge in [-0.05, 0) is 36.0 Å². The standard InChI is InChI=1S/C14H10ClN3/c1-9-7-13(18-14(15)17-9)11-4-2-3-10-5-6-16-8-12(10)11/h2-8H,1H3. The topological polar surface area (TPSA) is 38.7 Å². The van der Waals surface area contributed by atoms with Gasteiger partial charge in [0.1, 0.15) is 0 Å². The lowest BCUT2D eigenvalue weighted by atomic mass is 10.0. The molecule has 3 aromatic rings. The molecule has 0 bridgehead atoms. The van der Waals surface area contributed by atoms with Gasteiger partial charge in [0.15, 0.2) is 0 Å². The van der Waals surface area contributed by atoms with Gasteiger partial charge in [0.05, 0.1) is 5.69 Å². The normalized spacial score (nSPS) is 10.8. The number of pyridine rings is 1. The molecule has 0 spiro atoms. The Balaban J connectivity index is 2.31. The van der Waals surface area contributed by atoms with Crippen LogP contribution in [0.3, 0.4) is 0 Å². The van der Waals surface area contributed by atoms with Crippen molar-refractivity contribution < 1.29 is 0 Å². The summed E-state index contributed by atoms with van der Waals surface area (Å²) >= 11 is 5.91. The quantitative estimate of drug-likeness (QED) is 0.623. The molecule has 0 saturated carbocycles. The second-order valence-electron chi connectivity index (χ2n) is 4.07. The van der Waals surface area contributed by atoms with Crippen LogP contribution >= 0.6 is 11.6 Å². The van der Waals surface area contributed by atoms with E-state index in [9.17, 15) is 0 Å². The van der Waals surface area contributed by atoms with Crippen molar-refractivity contribution >= 4 is 22.4 Å². The Bertz CT molecular complexity index is 700. The summed E-state index contributed by atoms with van der Waals surface area (Å²) in [5, 5.41) is 2.47. The van der Waals surface area contributed by atoms with Crippen molar-refractivity contribution in [2.45, 2.75) is 6.92 Å². The van der Waals surface area contributed by atoms with Gasteiger partial charge in [-0.3, -0.25) is 4.98 Å². The number of hydrogen-bond donors (Lipinski definition) is 0. The van der Waals surface area contributed by atoms with Crippen LogP contribution in [0.15, 0.2) is 42.7 Å². The predicted molar refractivity (Wildman–Crippen MR) is 72.5 cm³/mol. The van der Waals surface area contributed by atoms with E-state index in [1.807, 2.05) is 37.4 Å². The molecule has 0 fully saturated rings. The third-order valence-corrected chi connectivity index (χ3v) is 2.96. The smallest absolute Gasteiger partial charge is 0.223 e. The van der Waals surface area contributed by atoms with Gasteiger partial charge in [-0.2, -0.15) is 0 Å². The van der Waals surface area contributed by atoms with Crippen LogP contribution < -0.4 is 0 Å². The van der Waals surface area contributed by atoms with E-state index in [1.165, 1.54) is 0 Å². The molecule has 0 aliphatic carbocycles. The Hall–Kier alpha value is -2.00. The van der Waals surface area contributed by atoms with Crippen LogP contribution in [-0.4, -0.2) is 15.0 Å². The average Bonchev–Trinajstić information content (AvgIpc) is 2.37. The highest BCUT2D eigenvalue weighted by Gasteiger charge is 2.07. The molecule has 18 heavy (non-hydrogen) atoms. The van der Waals surface area contributed by atoms with E-state index in [2.05, 4.69) is 21.0 Å². The first-order valence-corrected chi connectivity index (χ1v) is 5.96. The third kappa shape index (κ3) is 1.93. The molecule has 0 amide bonds. The fraction of sp³-hybridized carbons (Fsp3) is 0.0714. The zero-order valence-corrected chi connectivity index (χ0v) is 10.5. The zero-order valence-electron chi connectivity index (χ0n) is 9.76. The molecule has 0 aliphatic heterocycles. The van der Waals surface area contributed by atoms with Crippen molar-refractivity contribution in [3.63, 3.8) is 0 Å². The van der Waals surface area contributed by atoms with E-state index >= 15 is 0 Å². The number of nitrogens with zero attached hydrogens (tertiary/aromatic N) is 3. The van der Waals surface area contributed by atoms with Gasteiger partial charge >= 0.3 is 0 Å². The van der Waals surface area contributed by atoms with Crippen molar-refractivity contribution in [3.8, 4) is 11.3 Å². The molecule has 0 unspecified atom stereocenters. The molecule has 88 valence electrons. The second kappa shape index (κ2) is 4.35. The van der Waals surface area contributed by atoms with Gasteiger partial charge in [-0.15, -0.1) is 0 Å². The number of rotatable bonds is 1. The van der Waals surface area contributed by atoms with Crippen LogP contribution in [0.1, 0.15) is 5.69 Å². The highest BCUT2D eigenvalue weighted by molar-refractivity contribution is 6.28. The fourth-order valence-corrected chi connectivity index (χ4v) is 2.23. The maximum Gasteiger partial charge on any atom is 0.223 e. The van der Waals surface area contributed by atoms with E-state index < -0.39 is 0 Å². The minimum absolute atomic E-state index is 0.269. The molecule has 4 heteroatoms. The van der Waals surface area contributed by atoms with Gasteiger partial charge < -0.3 is 0 Å². The summed E-state index contributed by atoms with van der Waals surface area (Å²) in [4.78, 5) is 12.5. The van der Waals surface area contributed by atoms with Crippen LogP contribution in [0.2, 0.25) is 5.28 Å². The molecule has 3 nitrogen and oxygen atoms in total. The van der Waals surface area contributed by atoms with Gasteiger partial charge in [0.2, 0.25) is 5.28 Å². The van der Waals surface area contributed by atoms with Crippen LogP contribution in [0.4, 0.5) is 0 Å². The lowest BCUT2D eigenvalue weighted by Gasteiger charge is -2.06. The summed E-state index contributed by atoms with van der Waals surface area (Å²) in [5.41, 5.74) is 2.70. The number of hydrogen-bond acceptors (Lipinski definition) is 3. The first-order chi connectivity index (χ1) is 8.74. The summed E-state index contributed by atoms with van der Waals surface area (Å²) in [6.07, 6.45) is 3.63. The Morgan fingerprint density at radius 2 is 2.00 bits per heavy atom. The maximum atomic E-state index is 5.91. The van der Waals surface area contributed by atoms with Gasteiger partial charge in [0.25, 0.3) is 0 Å². The van der Waals surface area contributed by atoms with Gasteiger partial charge in [-0.1, -0.05) is 18.2 Å². The van der Waals surface area contributed by atoms with Crippen molar-refractivity contribution in [1.29, 1.82) is 0 Å². The Morgan fingerprint density at radius 3 is 2.83 bits per heavy atom. The monoisotopic (exact) mass is 255 g/mol. The number of fused-ring (bicyclic) bond motifs is 1. The highest BCUT2D eigenvalue weighted by Crippen LogP contribution is 2.27. The SMILES string of the molecule is Cc1cc(-c2cccc3ccncc23)nc(Cl)n1. The van der Waals surface area contributed by atoms with Crippen LogP contribution in [0.25, 0.3) is 22.0 Å². The summed E-state index contributed by atoms with van der Waals surface area (Å²) in [7, 11) is 0. The van der Waals surface area contributed by atoms with Crippen LogP contribution in [0.5, 0.6) is 0 Å². The van der Waals surface area contributed by atoms with Crippen molar-refractivity contribution in [2.24, 2.45) is 0 Å². The molecule has 1 aromatic carbocycles. The Kier molecular flexibility index (Phi) is 2.68. The number of halogens is 1. The molecule has 0 aliphatic rings. The van der Waals surface area contributed by atoms with E-state index in [1.54, 1.807) is 6.20 Å². The second-order valence-corrected chi connectivity index (χ2v) is 4.40. The molecular weight excluding hydrogens is 246 g/mol. The van der Waals surface area contributed by atoms with Gasteiger partial charge in [0, 0.05) is 29.0 Å². The summed E-state index contributed by atoms with van der Waals surface area (Å²) < 4.78 is 0. The first-order valence-electron chi connectivity index (χ1n) is 5.58. The molecule has 2 aromatic heterocycles. The summed E-state index contributed by atoms with van der Waals surface area (Å²) in [6, 6.07) is 9.98. The van der Waals surface area contributed by atoms with E-state index in [4.69, 9.17) is 11.6 Å². The maximum absolute atomic E-state index is 5.91. The number of aromatic nitrogens is 3. The molecular formula is C14H10ClN3. The minimum atomic E-state index is 0.269. The Morgan fingerprint density at radius 1 is 1.11 bits per heavy atom. The molecule has 2 heterocycles. The molecule has 0 saturated heterocycles. The van der Waals surface area contributed by atoms with E-state index in [-0.39, 0.29) is 5.28 Å². The van der Waals surface area contributed by atoms with Crippen molar-refractivity contribution in [1.82, 2.24) is 15.0 Å². The average molecular weight is 256 g/mol. The first kappa shape index (κ1) is 11.1. The van der Waals surface area contributed by atoms with E-state index in [0.29, 0.717) is 0 Å². The largest absolute Gasteiger partial charge is 0.264 e. The lowest BCUT2D eigenvalue weighted by Crippen LogP contribution is -1.91. The van der Waals surface area contributed by atoms with Crippen molar-refractivity contribution in [2.75, 3.05) is 0 Å². The number of benzene rings is 1. The Labute approximate surface area is 109 Å². The predicted octanol–water partition coefficient (Wildman–Crippen LogP) is 3.65. The van der Waals surface area contributed by atoms with Crippen LogP contribution in [0, 0.1) is 6.92 Å². The fourth-order valence-electron chi connectivity index (χ4n) is 2.01. The minimum Gasteiger partial charge on any atom is -0.264 e. The molecule has 0 N–H and O–H groups in total. The molecule has 3 rings (SSSR count). The lowest BCUT2D eigenvalue weighted by molar-refractivity contribution is 1.11. The van der Waals surface area contributed by atoms with Crippen LogP contribution in [-0.2, 0) is 0 Å². The summed E-state index contributed by atoms with van der Waals surface area (Å²) in [5.74, 6) is 0. The highest BCUT2D eigenvalue weighted by atomic mass is 35.5. The van der Waals surface area contributed by atoms with Crippen molar-refractivity contribution in [3.05, 3.63) is 53.7 Å². The number of aryl methyl sites for hydroxylation is 1. The third-order valence-electron chi connectivity index (χ3n) is 2.79. The van der Waals surface area contributed by atoms with Gasteiger partial charge in [-0.25, -0.2) is 9.97 Å². The summed E-state index contributed by atoms with van der Waals surface area (Å²) in [6.45, 7) is 1.90.